The van der Waals surface area contributed by atoms with E-state index in [0.29, 0.717) is 12.2 Å². The molecule has 0 spiro atoms. The number of hydrogen-bond acceptors (Lipinski definition) is 2. The highest BCUT2D eigenvalue weighted by Crippen LogP contribution is 2.20. The number of carbonyl (C=O) groups excluding carboxylic acids is 1. The number of rotatable bonds is 6. The second kappa shape index (κ2) is 7.95. The molecule has 0 unspecified atom stereocenters. The van der Waals surface area contributed by atoms with Crippen LogP contribution in [0.15, 0.2) is 42.5 Å². The molecular weight excluding hydrogens is 305 g/mol. The normalized spacial score (nSPS) is 13.2. The Bertz CT molecular complexity index is 697. The SMILES string of the molecule is CC[C@@H](Oc1ccc(F)cc1)C(=O)N[C@@H](C)c1cc(C)ccc1C. The molecule has 0 saturated heterocycles. The van der Waals surface area contributed by atoms with Gasteiger partial charge in [0.05, 0.1) is 6.04 Å². The minimum Gasteiger partial charge on any atom is -0.481 e. The fraction of sp³-hybridized carbons (Fsp3) is 0.350. The van der Waals surface area contributed by atoms with E-state index in [1.807, 2.05) is 27.7 Å². The van der Waals surface area contributed by atoms with Gasteiger partial charge in [-0.3, -0.25) is 4.79 Å². The Morgan fingerprint density at radius 3 is 2.46 bits per heavy atom. The largest absolute Gasteiger partial charge is 0.481 e. The van der Waals surface area contributed by atoms with Crippen molar-refractivity contribution in [1.29, 1.82) is 0 Å². The predicted octanol–water partition coefficient (Wildman–Crippen LogP) is 4.48. The summed E-state index contributed by atoms with van der Waals surface area (Å²) in [6.45, 7) is 7.91. The smallest absolute Gasteiger partial charge is 0.261 e. The number of halogens is 1. The molecule has 0 heterocycles. The number of nitrogens with one attached hydrogen (secondary N) is 1. The first kappa shape index (κ1) is 18.0. The minimum absolute atomic E-state index is 0.108. The van der Waals surface area contributed by atoms with E-state index in [-0.39, 0.29) is 17.8 Å². The van der Waals surface area contributed by atoms with Crippen molar-refractivity contribution in [2.24, 2.45) is 0 Å². The first-order valence-electron chi connectivity index (χ1n) is 8.20. The molecule has 4 heteroatoms. The zero-order chi connectivity index (χ0) is 17.7. The lowest BCUT2D eigenvalue weighted by molar-refractivity contribution is -0.128. The van der Waals surface area contributed by atoms with Crippen LogP contribution >= 0.6 is 0 Å². The van der Waals surface area contributed by atoms with Crippen LogP contribution in [0.3, 0.4) is 0 Å². The molecule has 2 atom stereocenters. The molecule has 0 aliphatic rings. The Labute approximate surface area is 142 Å². The molecule has 0 aliphatic heterocycles. The van der Waals surface area contributed by atoms with Gasteiger partial charge >= 0.3 is 0 Å². The van der Waals surface area contributed by atoms with Crippen LogP contribution in [0.5, 0.6) is 5.75 Å². The van der Waals surface area contributed by atoms with E-state index in [0.717, 1.165) is 16.7 Å². The number of amides is 1. The predicted molar refractivity (Wildman–Crippen MR) is 93.6 cm³/mol. The lowest BCUT2D eigenvalue weighted by atomic mass is 10.00. The quantitative estimate of drug-likeness (QED) is 0.849. The Morgan fingerprint density at radius 2 is 1.83 bits per heavy atom. The maximum Gasteiger partial charge on any atom is 0.261 e. The van der Waals surface area contributed by atoms with Crippen molar-refractivity contribution in [2.45, 2.75) is 46.3 Å². The standard InChI is InChI=1S/C20H24FNO2/c1-5-19(24-17-10-8-16(21)9-11-17)20(23)22-15(4)18-12-13(2)6-7-14(18)3/h6-12,15,19H,5H2,1-4H3,(H,22,23)/t15-,19+/m0/s1. The zero-order valence-corrected chi connectivity index (χ0v) is 14.6. The molecule has 0 fully saturated rings. The van der Waals surface area contributed by atoms with Crippen LogP contribution in [0, 0.1) is 19.7 Å². The molecule has 24 heavy (non-hydrogen) atoms. The second-order valence-corrected chi connectivity index (χ2v) is 6.06. The molecule has 2 rings (SSSR count). The summed E-state index contributed by atoms with van der Waals surface area (Å²) in [7, 11) is 0. The molecule has 128 valence electrons. The number of ether oxygens (including phenoxy) is 1. The molecule has 1 N–H and O–H groups in total. The first-order valence-corrected chi connectivity index (χ1v) is 8.20. The van der Waals surface area contributed by atoms with Gasteiger partial charge < -0.3 is 10.1 Å². The van der Waals surface area contributed by atoms with E-state index in [1.54, 1.807) is 0 Å². The Hall–Kier alpha value is -2.36. The Morgan fingerprint density at radius 1 is 1.17 bits per heavy atom. The molecule has 0 saturated carbocycles. The van der Waals surface area contributed by atoms with Crippen molar-refractivity contribution < 1.29 is 13.9 Å². The Balaban J connectivity index is 2.05. The molecular formula is C20H24FNO2. The number of hydrogen-bond donors (Lipinski definition) is 1. The summed E-state index contributed by atoms with van der Waals surface area (Å²) in [5.41, 5.74) is 3.40. The van der Waals surface area contributed by atoms with Crippen molar-refractivity contribution in [3.05, 3.63) is 65.0 Å². The molecule has 1 amide bonds. The summed E-state index contributed by atoms with van der Waals surface area (Å²) in [6, 6.07) is 11.8. The lowest BCUT2D eigenvalue weighted by Crippen LogP contribution is -2.39. The topological polar surface area (TPSA) is 38.3 Å². The Kier molecular flexibility index (Phi) is 5.96. The van der Waals surface area contributed by atoms with Gasteiger partial charge in [-0.2, -0.15) is 0 Å². The van der Waals surface area contributed by atoms with Gasteiger partial charge in [0.1, 0.15) is 11.6 Å². The zero-order valence-electron chi connectivity index (χ0n) is 14.6. The first-order chi connectivity index (χ1) is 11.4. The summed E-state index contributed by atoms with van der Waals surface area (Å²) in [6.07, 6.45) is -0.0778. The van der Waals surface area contributed by atoms with E-state index in [4.69, 9.17) is 4.74 Å². The van der Waals surface area contributed by atoms with Gasteiger partial charge in [0.2, 0.25) is 0 Å². The molecule has 2 aromatic rings. The molecule has 0 aliphatic carbocycles. The second-order valence-electron chi connectivity index (χ2n) is 6.06. The summed E-state index contributed by atoms with van der Waals surface area (Å²) >= 11 is 0. The minimum atomic E-state index is -0.608. The third kappa shape index (κ3) is 4.57. The van der Waals surface area contributed by atoms with Crippen LogP contribution in [0.1, 0.15) is 43.0 Å². The van der Waals surface area contributed by atoms with Gasteiger partial charge in [-0.1, -0.05) is 30.7 Å². The monoisotopic (exact) mass is 329 g/mol. The molecule has 3 nitrogen and oxygen atoms in total. The van der Waals surface area contributed by atoms with E-state index in [2.05, 4.69) is 23.5 Å². The van der Waals surface area contributed by atoms with Crippen molar-refractivity contribution in [2.75, 3.05) is 0 Å². The van der Waals surface area contributed by atoms with Crippen LogP contribution in [0.4, 0.5) is 4.39 Å². The van der Waals surface area contributed by atoms with Crippen molar-refractivity contribution in [3.8, 4) is 5.75 Å². The van der Waals surface area contributed by atoms with Crippen LogP contribution in [0.25, 0.3) is 0 Å². The van der Waals surface area contributed by atoms with Crippen LogP contribution < -0.4 is 10.1 Å². The van der Waals surface area contributed by atoms with Gasteiger partial charge in [0, 0.05) is 0 Å². The lowest BCUT2D eigenvalue weighted by Gasteiger charge is -2.22. The van der Waals surface area contributed by atoms with Crippen LogP contribution in [0.2, 0.25) is 0 Å². The fourth-order valence-corrected chi connectivity index (χ4v) is 2.61. The fourth-order valence-electron chi connectivity index (χ4n) is 2.61. The van der Waals surface area contributed by atoms with Crippen LogP contribution in [-0.4, -0.2) is 12.0 Å². The third-order valence-corrected chi connectivity index (χ3v) is 4.02. The summed E-state index contributed by atoms with van der Waals surface area (Å²) < 4.78 is 18.7. The van der Waals surface area contributed by atoms with Gasteiger partial charge in [-0.15, -0.1) is 0 Å². The van der Waals surface area contributed by atoms with E-state index in [1.165, 1.54) is 24.3 Å². The summed E-state index contributed by atoms with van der Waals surface area (Å²) in [5.74, 6) is -0.0172. The third-order valence-electron chi connectivity index (χ3n) is 4.02. The number of carbonyl (C=O) groups is 1. The van der Waals surface area contributed by atoms with E-state index in [9.17, 15) is 9.18 Å². The highest BCUT2D eigenvalue weighted by atomic mass is 19.1. The average molecular weight is 329 g/mol. The molecule has 0 aromatic heterocycles. The van der Waals surface area contributed by atoms with Gasteiger partial charge in [0.15, 0.2) is 6.10 Å². The van der Waals surface area contributed by atoms with E-state index >= 15 is 0 Å². The van der Waals surface area contributed by atoms with Crippen molar-refractivity contribution in [3.63, 3.8) is 0 Å². The summed E-state index contributed by atoms with van der Waals surface area (Å²) in [4.78, 5) is 12.5. The van der Waals surface area contributed by atoms with Gasteiger partial charge in [0.25, 0.3) is 5.91 Å². The highest BCUT2D eigenvalue weighted by molar-refractivity contribution is 5.81. The summed E-state index contributed by atoms with van der Waals surface area (Å²) in [5, 5.41) is 3.01. The maximum atomic E-state index is 13.0. The van der Waals surface area contributed by atoms with Gasteiger partial charge in [-0.25, -0.2) is 4.39 Å². The number of aryl methyl sites for hydroxylation is 2. The maximum absolute atomic E-state index is 13.0. The molecule has 2 aromatic carbocycles. The molecule has 0 bridgehead atoms. The van der Waals surface area contributed by atoms with Crippen LogP contribution in [-0.2, 0) is 4.79 Å². The number of benzene rings is 2. The van der Waals surface area contributed by atoms with E-state index < -0.39 is 6.10 Å². The van der Waals surface area contributed by atoms with Gasteiger partial charge in [-0.05, 0) is 62.6 Å². The van der Waals surface area contributed by atoms with Crippen molar-refractivity contribution >= 4 is 5.91 Å². The average Bonchev–Trinajstić information content (AvgIpc) is 2.56. The molecule has 0 radical (unpaired) electrons. The highest BCUT2D eigenvalue weighted by Gasteiger charge is 2.21. The van der Waals surface area contributed by atoms with Crippen molar-refractivity contribution in [1.82, 2.24) is 5.32 Å².